The lowest BCUT2D eigenvalue weighted by molar-refractivity contribution is 0.160. The van der Waals surface area contributed by atoms with E-state index in [0.717, 1.165) is 50.0 Å². The average Bonchev–Trinajstić information content (AvgIpc) is 3.28. The minimum Gasteiger partial charge on any atom is -0.341 e. The lowest BCUT2D eigenvalue weighted by Gasteiger charge is -2.36. The fourth-order valence-corrected chi connectivity index (χ4v) is 6.10. The molecule has 0 saturated carbocycles. The first-order chi connectivity index (χ1) is 15.2. The number of hydrogen-bond acceptors (Lipinski definition) is 5. The highest BCUT2D eigenvalue weighted by atomic mass is 15.3. The third-order valence-electron chi connectivity index (χ3n) is 7.63. The first kappa shape index (κ1) is 19.2. The summed E-state index contributed by atoms with van der Waals surface area (Å²) in [7, 11) is 0. The Hall–Kier alpha value is -2.47. The highest BCUT2D eigenvalue weighted by Gasteiger charge is 2.41. The molecule has 5 heterocycles. The highest BCUT2D eigenvalue weighted by molar-refractivity contribution is 5.75. The second-order valence-corrected chi connectivity index (χ2v) is 9.65. The van der Waals surface area contributed by atoms with Crippen LogP contribution >= 0.6 is 0 Å². The molecule has 0 amide bonds. The second kappa shape index (κ2) is 7.59. The lowest BCUT2D eigenvalue weighted by atomic mass is 9.99. The third kappa shape index (κ3) is 3.23. The summed E-state index contributed by atoms with van der Waals surface area (Å²) >= 11 is 0. The normalized spacial score (nSPS) is 25.9. The Bertz CT molecular complexity index is 1100. The Morgan fingerprint density at radius 2 is 2.00 bits per heavy atom. The average molecular weight is 417 g/mol. The Morgan fingerprint density at radius 3 is 2.87 bits per heavy atom. The van der Waals surface area contributed by atoms with Gasteiger partial charge in [-0.2, -0.15) is 0 Å². The van der Waals surface area contributed by atoms with Gasteiger partial charge in [0, 0.05) is 49.9 Å². The number of imidazole rings is 1. The van der Waals surface area contributed by atoms with Gasteiger partial charge >= 0.3 is 0 Å². The molecule has 3 aromatic rings. The van der Waals surface area contributed by atoms with Crippen LogP contribution in [0.1, 0.15) is 62.7 Å². The number of piperidine rings is 1. The van der Waals surface area contributed by atoms with Crippen LogP contribution in [0.2, 0.25) is 0 Å². The molecule has 0 radical (unpaired) electrons. The minimum absolute atomic E-state index is 0.424. The van der Waals surface area contributed by atoms with Crippen LogP contribution in [0.25, 0.3) is 11.0 Å². The number of benzene rings is 1. The van der Waals surface area contributed by atoms with Gasteiger partial charge in [0.05, 0.1) is 23.3 Å². The molecule has 6 nitrogen and oxygen atoms in total. The monoisotopic (exact) mass is 416 g/mol. The van der Waals surface area contributed by atoms with Crippen molar-refractivity contribution in [2.75, 3.05) is 18.0 Å². The Balaban J connectivity index is 1.29. The van der Waals surface area contributed by atoms with E-state index in [1.807, 2.05) is 0 Å². The molecule has 3 aliphatic heterocycles. The van der Waals surface area contributed by atoms with Crippen LogP contribution in [0.3, 0.4) is 0 Å². The van der Waals surface area contributed by atoms with Crippen LogP contribution in [0.15, 0.2) is 30.5 Å². The van der Waals surface area contributed by atoms with Gasteiger partial charge in [0.25, 0.3) is 0 Å². The van der Waals surface area contributed by atoms with Crippen molar-refractivity contribution in [1.29, 1.82) is 0 Å². The standard InChI is InChI=1S/C25H32N6/c1-3-30-23-9-5-4-8-20(23)27-24(30)16-31-18-10-11-22(31)19-14-26-25(28-21(19)13-18)29-12-6-7-17(2)15-29/h4-5,8-9,14,17-18,22H,3,6-7,10-13,15-16H2,1-2H3. The van der Waals surface area contributed by atoms with Crippen molar-refractivity contribution in [2.24, 2.45) is 5.92 Å². The highest BCUT2D eigenvalue weighted by Crippen LogP contribution is 2.44. The molecule has 2 bridgehead atoms. The van der Waals surface area contributed by atoms with E-state index in [1.54, 1.807) is 0 Å². The molecule has 2 aromatic heterocycles. The van der Waals surface area contributed by atoms with Crippen molar-refractivity contribution < 1.29 is 0 Å². The van der Waals surface area contributed by atoms with Gasteiger partial charge in [0.2, 0.25) is 5.95 Å². The van der Waals surface area contributed by atoms with E-state index in [9.17, 15) is 0 Å². The summed E-state index contributed by atoms with van der Waals surface area (Å²) in [6.45, 7) is 8.60. The van der Waals surface area contributed by atoms with E-state index < -0.39 is 0 Å². The van der Waals surface area contributed by atoms with Crippen LogP contribution in [-0.4, -0.2) is 43.6 Å². The van der Waals surface area contributed by atoms with Crippen molar-refractivity contribution in [3.05, 3.63) is 47.5 Å². The summed E-state index contributed by atoms with van der Waals surface area (Å²) in [5, 5.41) is 0. The zero-order valence-corrected chi connectivity index (χ0v) is 18.7. The Labute approximate surface area is 184 Å². The van der Waals surface area contributed by atoms with Crippen molar-refractivity contribution in [1.82, 2.24) is 24.4 Å². The number of hydrogen-bond donors (Lipinski definition) is 0. The summed E-state index contributed by atoms with van der Waals surface area (Å²) in [4.78, 5) is 20.0. The molecule has 0 aliphatic carbocycles. The predicted octanol–water partition coefficient (Wildman–Crippen LogP) is 4.34. The van der Waals surface area contributed by atoms with Gasteiger partial charge < -0.3 is 9.47 Å². The number of rotatable bonds is 4. The zero-order chi connectivity index (χ0) is 20.9. The number of fused-ring (bicyclic) bond motifs is 5. The first-order valence-corrected chi connectivity index (χ1v) is 12.0. The fourth-order valence-electron chi connectivity index (χ4n) is 6.10. The van der Waals surface area contributed by atoms with Crippen molar-refractivity contribution in [3.63, 3.8) is 0 Å². The molecule has 6 heteroatoms. The fraction of sp³-hybridized carbons (Fsp3) is 0.560. The quantitative estimate of drug-likeness (QED) is 0.633. The molecule has 3 atom stereocenters. The minimum atomic E-state index is 0.424. The first-order valence-electron chi connectivity index (χ1n) is 12.0. The number of para-hydroxylation sites is 2. The van der Waals surface area contributed by atoms with Crippen molar-refractivity contribution in [2.45, 2.75) is 71.1 Å². The van der Waals surface area contributed by atoms with Crippen LogP contribution in [-0.2, 0) is 19.5 Å². The SMILES string of the molecule is CCn1c(CN2C3CCC2c2cnc(N4CCCC(C)C4)nc2C3)nc2ccccc21. The maximum atomic E-state index is 5.09. The van der Waals surface area contributed by atoms with Crippen LogP contribution in [0.4, 0.5) is 5.95 Å². The van der Waals surface area contributed by atoms with Gasteiger partial charge in [-0.15, -0.1) is 0 Å². The molecular weight excluding hydrogens is 384 g/mol. The van der Waals surface area contributed by atoms with E-state index >= 15 is 0 Å². The maximum Gasteiger partial charge on any atom is 0.225 e. The summed E-state index contributed by atoms with van der Waals surface area (Å²) < 4.78 is 2.38. The van der Waals surface area contributed by atoms with Crippen LogP contribution in [0.5, 0.6) is 0 Å². The van der Waals surface area contributed by atoms with Gasteiger partial charge in [0.15, 0.2) is 0 Å². The van der Waals surface area contributed by atoms with E-state index in [1.165, 1.54) is 48.3 Å². The molecule has 3 unspecified atom stereocenters. The topological polar surface area (TPSA) is 50.1 Å². The molecule has 0 N–H and O–H groups in total. The summed E-state index contributed by atoms with van der Waals surface area (Å²) in [6, 6.07) is 9.49. The molecule has 6 rings (SSSR count). The molecular formula is C25H32N6. The predicted molar refractivity (Wildman–Crippen MR) is 123 cm³/mol. The molecule has 2 saturated heterocycles. The van der Waals surface area contributed by atoms with Crippen LogP contribution in [0, 0.1) is 5.92 Å². The molecule has 162 valence electrons. The van der Waals surface area contributed by atoms with Gasteiger partial charge in [-0.25, -0.2) is 15.0 Å². The van der Waals surface area contributed by atoms with Crippen LogP contribution < -0.4 is 4.90 Å². The zero-order valence-electron chi connectivity index (χ0n) is 18.7. The summed E-state index contributed by atoms with van der Waals surface area (Å²) in [5.74, 6) is 2.87. The largest absolute Gasteiger partial charge is 0.341 e. The van der Waals surface area contributed by atoms with Gasteiger partial charge in [-0.1, -0.05) is 19.1 Å². The van der Waals surface area contributed by atoms with E-state index in [0.29, 0.717) is 12.1 Å². The van der Waals surface area contributed by atoms with Gasteiger partial charge in [-0.3, -0.25) is 4.90 Å². The van der Waals surface area contributed by atoms with Gasteiger partial charge in [0.1, 0.15) is 5.82 Å². The van der Waals surface area contributed by atoms with E-state index in [2.05, 4.69) is 58.7 Å². The molecule has 2 fully saturated rings. The number of aromatic nitrogens is 4. The molecule has 31 heavy (non-hydrogen) atoms. The lowest BCUT2D eigenvalue weighted by Crippen LogP contribution is -2.39. The third-order valence-corrected chi connectivity index (χ3v) is 7.63. The maximum absolute atomic E-state index is 5.09. The van der Waals surface area contributed by atoms with Crippen molar-refractivity contribution in [3.8, 4) is 0 Å². The summed E-state index contributed by atoms with van der Waals surface area (Å²) in [6.07, 6.45) is 8.19. The van der Waals surface area contributed by atoms with Crippen molar-refractivity contribution >= 4 is 17.0 Å². The molecule has 3 aliphatic rings. The Morgan fingerprint density at radius 1 is 1.10 bits per heavy atom. The number of nitrogens with zero attached hydrogens (tertiary/aromatic N) is 6. The van der Waals surface area contributed by atoms with Gasteiger partial charge in [-0.05, 0) is 50.7 Å². The molecule has 0 spiro atoms. The van der Waals surface area contributed by atoms with E-state index in [-0.39, 0.29) is 0 Å². The smallest absolute Gasteiger partial charge is 0.225 e. The van der Waals surface area contributed by atoms with E-state index in [4.69, 9.17) is 15.0 Å². The summed E-state index contributed by atoms with van der Waals surface area (Å²) in [5.41, 5.74) is 4.99. The Kier molecular flexibility index (Phi) is 4.71. The molecule has 1 aromatic carbocycles. The second-order valence-electron chi connectivity index (χ2n) is 9.65. The number of anilines is 1. The number of aryl methyl sites for hydroxylation is 1.